The molecule has 0 bridgehead atoms. The van der Waals surface area contributed by atoms with Gasteiger partial charge in [-0.25, -0.2) is 18.2 Å². The lowest BCUT2D eigenvalue weighted by atomic mass is 10.2. The molecular formula is C22H32N4O3S. The zero-order valence-electron chi connectivity index (χ0n) is 18.4. The van der Waals surface area contributed by atoms with E-state index in [1.165, 1.54) is 0 Å². The van der Waals surface area contributed by atoms with Crippen LogP contribution in [-0.2, 0) is 22.1 Å². The number of nitrogens with one attached hydrogen (secondary N) is 1. The van der Waals surface area contributed by atoms with Gasteiger partial charge in [0.25, 0.3) is 0 Å². The maximum atomic E-state index is 13.2. The van der Waals surface area contributed by atoms with E-state index < -0.39 is 9.84 Å². The summed E-state index contributed by atoms with van der Waals surface area (Å²) in [6.07, 6.45) is 3.54. The molecular weight excluding hydrogens is 400 g/mol. The second-order valence-corrected chi connectivity index (χ2v) is 10.6. The minimum atomic E-state index is -3.63. The lowest BCUT2D eigenvalue weighted by molar-refractivity contribution is 0.187. The van der Waals surface area contributed by atoms with Crippen LogP contribution in [0.4, 0.5) is 4.79 Å². The predicted molar refractivity (Wildman–Crippen MR) is 117 cm³/mol. The van der Waals surface area contributed by atoms with E-state index in [4.69, 9.17) is 0 Å². The van der Waals surface area contributed by atoms with E-state index >= 15 is 0 Å². The number of hydrogen-bond donors (Lipinski definition) is 1. The lowest BCUT2D eigenvalue weighted by Gasteiger charge is -2.25. The molecule has 1 fully saturated rings. The van der Waals surface area contributed by atoms with Crippen LogP contribution in [0.3, 0.4) is 0 Å². The Balaban J connectivity index is 1.89. The van der Waals surface area contributed by atoms with Crippen molar-refractivity contribution in [3.05, 3.63) is 47.3 Å². The zero-order valence-corrected chi connectivity index (χ0v) is 19.2. The largest absolute Gasteiger partial charge is 0.336 e. The Labute approximate surface area is 179 Å². The summed E-state index contributed by atoms with van der Waals surface area (Å²) in [5.74, 6) is -0.101. The highest BCUT2D eigenvalue weighted by Gasteiger charge is 2.34. The number of carbonyl (C=O) groups excluding carboxylic acids is 1. The van der Waals surface area contributed by atoms with Crippen LogP contribution in [-0.4, -0.2) is 41.0 Å². The van der Waals surface area contributed by atoms with E-state index in [1.807, 2.05) is 58.9 Å². The quantitative estimate of drug-likeness (QED) is 0.687. The smallest absolute Gasteiger partial charge is 0.318 e. The normalized spacial score (nSPS) is 14.4. The van der Waals surface area contributed by atoms with E-state index in [0.717, 1.165) is 29.7 Å². The van der Waals surface area contributed by atoms with Crippen LogP contribution in [0.25, 0.3) is 0 Å². The third kappa shape index (κ3) is 5.22. The van der Waals surface area contributed by atoms with Crippen LogP contribution >= 0.6 is 0 Å². The van der Waals surface area contributed by atoms with Crippen LogP contribution < -0.4 is 5.32 Å². The van der Waals surface area contributed by atoms with Gasteiger partial charge in [-0.3, -0.25) is 0 Å². The minimum absolute atomic E-state index is 0.0409. The van der Waals surface area contributed by atoms with Crippen molar-refractivity contribution in [3.63, 3.8) is 0 Å². The number of carbonyl (C=O) groups is 1. The van der Waals surface area contributed by atoms with Gasteiger partial charge in [-0.15, -0.1) is 0 Å². The molecule has 1 aliphatic rings. The first kappa shape index (κ1) is 22.3. The Morgan fingerprint density at radius 2 is 1.83 bits per heavy atom. The van der Waals surface area contributed by atoms with E-state index in [9.17, 15) is 13.2 Å². The maximum absolute atomic E-state index is 13.2. The number of hydrogen-bond acceptors (Lipinski definition) is 4. The Kier molecular flexibility index (Phi) is 6.55. The molecule has 8 heteroatoms. The van der Waals surface area contributed by atoms with Gasteiger partial charge in [0.15, 0.2) is 0 Å². The highest BCUT2D eigenvalue weighted by atomic mass is 32.2. The molecule has 0 unspecified atom stereocenters. The first-order valence-corrected chi connectivity index (χ1v) is 12.1. The average Bonchev–Trinajstić information content (AvgIpc) is 3.38. The molecule has 1 aliphatic carbocycles. The molecule has 1 aromatic carbocycles. The zero-order chi connectivity index (χ0) is 22.1. The van der Waals surface area contributed by atoms with Crippen LogP contribution in [0.2, 0.25) is 0 Å². The first-order valence-electron chi connectivity index (χ1n) is 10.5. The summed E-state index contributed by atoms with van der Waals surface area (Å²) in [4.78, 5) is 18.8. The molecule has 0 radical (unpaired) electrons. The number of imidazole rings is 1. The molecule has 0 spiro atoms. The molecule has 0 atom stereocenters. The molecule has 2 amide bonds. The van der Waals surface area contributed by atoms with E-state index in [0.29, 0.717) is 6.54 Å². The van der Waals surface area contributed by atoms with Gasteiger partial charge in [0.05, 0.1) is 24.2 Å². The monoisotopic (exact) mass is 432 g/mol. The molecule has 1 heterocycles. The summed E-state index contributed by atoms with van der Waals surface area (Å²) < 4.78 is 28.1. The van der Waals surface area contributed by atoms with Gasteiger partial charge in [-0.05, 0) is 53.0 Å². The van der Waals surface area contributed by atoms with Gasteiger partial charge < -0.3 is 14.8 Å². The van der Waals surface area contributed by atoms with Gasteiger partial charge in [-0.2, -0.15) is 0 Å². The molecule has 0 aliphatic heterocycles. The summed E-state index contributed by atoms with van der Waals surface area (Å²) >= 11 is 0. The second-order valence-electron chi connectivity index (χ2n) is 8.70. The van der Waals surface area contributed by atoms with Crippen molar-refractivity contribution in [2.45, 2.75) is 83.0 Å². The minimum Gasteiger partial charge on any atom is -0.336 e. The number of urea groups is 1. The van der Waals surface area contributed by atoms with Crippen molar-refractivity contribution in [1.29, 1.82) is 0 Å². The number of benzene rings is 1. The predicted octanol–water partition coefficient (Wildman–Crippen LogP) is 3.83. The molecule has 2 aromatic rings. The van der Waals surface area contributed by atoms with Crippen molar-refractivity contribution >= 4 is 15.9 Å². The van der Waals surface area contributed by atoms with Crippen LogP contribution in [0, 0.1) is 6.92 Å². The number of nitrogens with zero attached hydrogens (tertiary/aromatic N) is 3. The molecule has 1 saturated carbocycles. The van der Waals surface area contributed by atoms with Crippen LogP contribution in [0.1, 0.15) is 63.4 Å². The standard InChI is InChI=1S/C22H32N4O3S/c1-15(2)24-21(27)25(19-10-11-19)13-20-12-23-22(26(20)16(3)4)30(28,29)14-18-8-6-17(5)7-9-18/h6-9,12,15-16,19H,10-11,13-14H2,1-5H3,(H,24,27). The number of rotatable bonds is 8. The average molecular weight is 433 g/mol. The Hall–Kier alpha value is -2.35. The third-order valence-corrected chi connectivity index (χ3v) is 6.68. The molecule has 1 aromatic heterocycles. The molecule has 7 nitrogen and oxygen atoms in total. The fraction of sp³-hybridized carbons (Fsp3) is 0.545. The van der Waals surface area contributed by atoms with Crippen LogP contribution in [0.5, 0.6) is 0 Å². The SMILES string of the molecule is Cc1ccc(CS(=O)(=O)c2ncc(CN(C(=O)NC(C)C)C3CC3)n2C(C)C)cc1. The first-order chi connectivity index (χ1) is 14.1. The van der Waals surface area contributed by atoms with Gasteiger partial charge in [0.1, 0.15) is 0 Å². The van der Waals surface area contributed by atoms with Gasteiger partial charge in [0.2, 0.25) is 15.0 Å². The number of aromatic nitrogens is 2. The van der Waals surface area contributed by atoms with E-state index in [1.54, 1.807) is 15.7 Å². The molecule has 30 heavy (non-hydrogen) atoms. The number of sulfone groups is 1. The molecule has 1 N–H and O–H groups in total. The highest BCUT2D eigenvalue weighted by Crippen LogP contribution is 2.30. The van der Waals surface area contributed by atoms with Crippen molar-refractivity contribution in [1.82, 2.24) is 19.8 Å². The Morgan fingerprint density at radius 3 is 2.37 bits per heavy atom. The maximum Gasteiger partial charge on any atom is 0.318 e. The summed E-state index contributed by atoms with van der Waals surface area (Å²) in [5, 5.41) is 3.01. The van der Waals surface area contributed by atoms with Gasteiger partial charge in [-0.1, -0.05) is 29.8 Å². The van der Waals surface area contributed by atoms with Crippen LogP contribution in [0.15, 0.2) is 35.6 Å². The molecule has 164 valence electrons. The molecule has 3 rings (SSSR count). The van der Waals surface area contributed by atoms with Gasteiger partial charge in [0, 0.05) is 18.1 Å². The molecule has 0 saturated heterocycles. The van der Waals surface area contributed by atoms with Crippen molar-refractivity contribution in [2.24, 2.45) is 0 Å². The summed E-state index contributed by atoms with van der Waals surface area (Å²) in [7, 11) is -3.63. The highest BCUT2D eigenvalue weighted by molar-refractivity contribution is 7.90. The second kappa shape index (κ2) is 8.79. The summed E-state index contributed by atoms with van der Waals surface area (Å²) in [6, 6.07) is 7.51. The topological polar surface area (TPSA) is 84.3 Å². The lowest BCUT2D eigenvalue weighted by Crippen LogP contribution is -2.44. The summed E-state index contributed by atoms with van der Waals surface area (Å²) in [5.41, 5.74) is 2.55. The van der Waals surface area contributed by atoms with E-state index in [2.05, 4.69) is 10.3 Å². The Bertz CT molecular complexity index is 990. The fourth-order valence-corrected chi connectivity index (χ4v) is 5.10. The third-order valence-electron chi connectivity index (χ3n) is 5.10. The fourth-order valence-electron chi connectivity index (χ4n) is 3.50. The Morgan fingerprint density at radius 1 is 1.20 bits per heavy atom. The van der Waals surface area contributed by atoms with Gasteiger partial charge >= 0.3 is 6.03 Å². The van der Waals surface area contributed by atoms with Crippen molar-refractivity contribution in [2.75, 3.05) is 0 Å². The van der Waals surface area contributed by atoms with Crippen molar-refractivity contribution < 1.29 is 13.2 Å². The van der Waals surface area contributed by atoms with E-state index in [-0.39, 0.29) is 35.1 Å². The number of aryl methyl sites for hydroxylation is 1. The summed E-state index contributed by atoms with van der Waals surface area (Å²) in [6.45, 7) is 10.0. The number of amides is 2. The van der Waals surface area contributed by atoms with Crippen molar-refractivity contribution in [3.8, 4) is 0 Å².